The largest absolute Gasteiger partial charge is 0.307 e. The Kier molecular flexibility index (Phi) is 3.82. The summed E-state index contributed by atoms with van der Waals surface area (Å²) in [6.07, 6.45) is 0.929. The summed E-state index contributed by atoms with van der Waals surface area (Å²) >= 11 is 4.77. The summed E-state index contributed by atoms with van der Waals surface area (Å²) in [6, 6.07) is 13.5. The van der Waals surface area contributed by atoms with E-state index in [2.05, 4.69) is 22.5 Å². The van der Waals surface area contributed by atoms with Gasteiger partial charge in [0.2, 0.25) is 11.8 Å². The number of thiophene rings is 1. The molecule has 4 heterocycles. The molecule has 156 valence electrons. The summed E-state index contributed by atoms with van der Waals surface area (Å²) in [7, 11) is 0. The molecule has 0 spiro atoms. The monoisotopic (exact) mass is 466 g/mol. The van der Waals surface area contributed by atoms with Crippen molar-refractivity contribution in [1.29, 1.82) is 0 Å². The van der Waals surface area contributed by atoms with Crippen LogP contribution in [-0.2, 0) is 9.59 Å². The van der Waals surface area contributed by atoms with Crippen LogP contribution in [0.1, 0.15) is 22.1 Å². The van der Waals surface area contributed by atoms with Crippen LogP contribution in [0.15, 0.2) is 57.7 Å². The van der Waals surface area contributed by atoms with Crippen molar-refractivity contribution >= 4 is 51.9 Å². The van der Waals surface area contributed by atoms with Crippen molar-refractivity contribution in [2.75, 3.05) is 4.90 Å². The second-order valence-corrected chi connectivity index (χ2v) is 12.0. The van der Waals surface area contributed by atoms with E-state index in [0.717, 1.165) is 16.3 Å². The Morgan fingerprint density at radius 1 is 0.935 bits per heavy atom. The van der Waals surface area contributed by atoms with Crippen molar-refractivity contribution in [3.63, 3.8) is 0 Å². The van der Waals surface area contributed by atoms with Gasteiger partial charge in [0, 0.05) is 20.9 Å². The lowest BCUT2D eigenvalue weighted by Gasteiger charge is -2.42. The first-order valence-corrected chi connectivity index (χ1v) is 13.1. The highest BCUT2D eigenvalue weighted by Crippen LogP contribution is 2.68. The number of thiazole rings is 1. The molecule has 0 unspecified atom stereocenters. The number of hydrogen-bond donors (Lipinski definition) is 1. The van der Waals surface area contributed by atoms with E-state index in [9.17, 15) is 14.4 Å². The quantitative estimate of drug-likeness (QED) is 0.576. The maximum absolute atomic E-state index is 13.6. The number of benzene rings is 1. The van der Waals surface area contributed by atoms with Gasteiger partial charge in [0.15, 0.2) is 0 Å². The Morgan fingerprint density at radius 3 is 2.45 bits per heavy atom. The van der Waals surface area contributed by atoms with E-state index < -0.39 is 0 Å². The molecule has 7 rings (SSSR count). The molecule has 1 N–H and O–H groups in total. The molecule has 8 heteroatoms. The minimum absolute atomic E-state index is 0.0195. The summed E-state index contributed by atoms with van der Waals surface area (Å²) in [6.45, 7) is 0. The van der Waals surface area contributed by atoms with E-state index in [-0.39, 0.29) is 57.4 Å². The summed E-state index contributed by atoms with van der Waals surface area (Å²) in [5.41, 5.74) is 0.681. The Balaban J connectivity index is 1.34. The molecule has 0 radical (unpaired) electrons. The Morgan fingerprint density at radius 2 is 1.71 bits per heavy atom. The molecule has 5 nitrogen and oxygen atoms in total. The average Bonchev–Trinajstić information content (AvgIpc) is 3.56. The first kappa shape index (κ1) is 18.4. The number of thioether (sulfide) groups is 1. The molecule has 1 aromatic carbocycles. The molecule has 3 fully saturated rings. The number of aromatic amines is 1. The number of anilines is 1. The number of H-pyrrole nitrogens is 1. The topological polar surface area (TPSA) is 70.2 Å². The molecule has 1 saturated heterocycles. The molecule has 4 aliphatic rings. The summed E-state index contributed by atoms with van der Waals surface area (Å²) in [5.74, 6) is 0.224. The highest BCUT2D eigenvalue weighted by atomic mass is 32.2. The molecule has 7 atom stereocenters. The molecule has 2 amide bonds. The van der Waals surface area contributed by atoms with Crippen LogP contribution < -0.4 is 9.77 Å². The Labute approximate surface area is 190 Å². The highest BCUT2D eigenvalue weighted by molar-refractivity contribution is 8.00. The van der Waals surface area contributed by atoms with Gasteiger partial charge in [-0.3, -0.25) is 19.3 Å². The van der Waals surface area contributed by atoms with Crippen molar-refractivity contribution in [3.8, 4) is 0 Å². The second-order valence-electron chi connectivity index (χ2n) is 8.82. The van der Waals surface area contributed by atoms with Crippen LogP contribution in [0.5, 0.6) is 0 Å². The maximum Gasteiger partial charge on any atom is 0.305 e. The smallest absolute Gasteiger partial charge is 0.305 e. The predicted molar refractivity (Wildman–Crippen MR) is 122 cm³/mol. The van der Waals surface area contributed by atoms with Gasteiger partial charge in [0.05, 0.1) is 22.5 Å². The zero-order valence-electron chi connectivity index (χ0n) is 16.3. The number of nitrogens with one attached hydrogen (secondary N) is 1. The van der Waals surface area contributed by atoms with Gasteiger partial charge in [0.25, 0.3) is 0 Å². The number of rotatable bonds is 2. The number of hydrogen-bond acceptors (Lipinski definition) is 6. The van der Waals surface area contributed by atoms with Gasteiger partial charge in [-0.1, -0.05) is 35.6 Å². The number of fused-ring (bicyclic) bond motifs is 9. The van der Waals surface area contributed by atoms with Gasteiger partial charge in [-0.05, 0) is 47.8 Å². The summed E-state index contributed by atoms with van der Waals surface area (Å²) < 4.78 is 0. The van der Waals surface area contributed by atoms with E-state index in [0.29, 0.717) is 5.69 Å². The number of carbonyl (C=O) groups is 2. The number of imide groups is 1. The van der Waals surface area contributed by atoms with Gasteiger partial charge < -0.3 is 4.98 Å². The molecule has 2 aliphatic heterocycles. The zero-order chi connectivity index (χ0) is 20.9. The van der Waals surface area contributed by atoms with Crippen molar-refractivity contribution in [3.05, 3.63) is 67.3 Å². The highest BCUT2D eigenvalue weighted by Gasteiger charge is 2.69. The van der Waals surface area contributed by atoms with E-state index >= 15 is 0 Å². The zero-order valence-corrected chi connectivity index (χ0v) is 18.7. The lowest BCUT2D eigenvalue weighted by molar-refractivity contribution is -0.123. The molecule has 2 aliphatic carbocycles. The van der Waals surface area contributed by atoms with Crippen LogP contribution >= 0.6 is 34.4 Å². The van der Waals surface area contributed by atoms with Crippen LogP contribution in [0, 0.1) is 29.6 Å². The average molecular weight is 467 g/mol. The van der Waals surface area contributed by atoms with Crippen LogP contribution in [0.3, 0.4) is 0 Å². The van der Waals surface area contributed by atoms with Crippen LogP contribution in [0.25, 0.3) is 0 Å². The number of nitrogens with zero attached hydrogens (tertiary/aromatic N) is 1. The molecule has 2 aromatic heterocycles. The Bertz CT molecular complexity index is 1260. The van der Waals surface area contributed by atoms with Crippen molar-refractivity contribution < 1.29 is 9.59 Å². The number of carbonyl (C=O) groups excluding carboxylic acids is 2. The maximum atomic E-state index is 13.6. The summed E-state index contributed by atoms with van der Waals surface area (Å²) in [4.78, 5) is 46.1. The third-order valence-electron chi connectivity index (χ3n) is 7.59. The number of aromatic nitrogens is 1. The van der Waals surface area contributed by atoms with Crippen LogP contribution in [0.2, 0.25) is 0 Å². The normalized spacial score (nSPS) is 35.4. The van der Waals surface area contributed by atoms with Crippen LogP contribution in [-0.4, -0.2) is 22.0 Å². The van der Waals surface area contributed by atoms with Gasteiger partial charge in [-0.15, -0.1) is 23.1 Å². The third kappa shape index (κ3) is 2.36. The molecule has 2 bridgehead atoms. The minimum atomic E-state index is -0.237. The van der Waals surface area contributed by atoms with E-state index in [1.165, 1.54) is 21.1 Å². The fourth-order valence-corrected chi connectivity index (χ4v) is 10.5. The molecule has 3 aromatic rings. The van der Waals surface area contributed by atoms with Gasteiger partial charge in [0.1, 0.15) is 0 Å². The standard InChI is InChI=1S/C23H18N2O3S3/c26-21-15-11-9-12(16(15)22(27)25(21)10-5-2-1-3-6-10)18-14(11)17(13-7-4-8-29-13)19-20(30-18)24-23(28)31-19/h1-8,11-12,14-18H,9H2,(H,24,28)/t11-,12+,14-,15-,16-,17+,18-/m0/s1. The molecular weight excluding hydrogens is 448 g/mol. The molecular formula is C23H18N2O3S3. The lowest BCUT2D eigenvalue weighted by Crippen LogP contribution is -2.42. The fraction of sp³-hybridized carbons (Fsp3) is 0.348. The number of amides is 2. The van der Waals surface area contributed by atoms with E-state index in [4.69, 9.17) is 0 Å². The second kappa shape index (κ2) is 6.43. The molecule has 31 heavy (non-hydrogen) atoms. The SMILES string of the molecule is O=C1[C@H]2[C@H]3C[C@@H]([C@@H]4Sc5[nH]c(=O)sc5[C@H](c5cccs5)[C@H]34)[C@@H]2C(=O)N1c1ccccc1. The van der Waals surface area contributed by atoms with Crippen molar-refractivity contribution in [1.82, 2.24) is 4.98 Å². The lowest BCUT2D eigenvalue weighted by atomic mass is 9.69. The van der Waals surface area contributed by atoms with Gasteiger partial charge in [-0.2, -0.15) is 0 Å². The van der Waals surface area contributed by atoms with E-state index in [1.807, 2.05) is 30.3 Å². The third-order valence-corrected chi connectivity index (χ3v) is 11.1. The van der Waals surface area contributed by atoms with Gasteiger partial charge in [-0.25, -0.2) is 0 Å². The minimum Gasteiger partial charge on any atom is -0.307 e. The van der Waals surface area contributed by atoms with Crippen molar-refractivity contribution in [2.24, 2.45) is 29.6 Å². The van der Waals surface area contributed by atoms with Crippen LogP contribution in [0.4, 0.5) is 5.69 Å². The van der Waals surface area contributed by atoms with Gasteiger partial charge >= 0.3 is 4.87 Å². The first-order valence-electron chi connectivity index (χ1n) is 10.5. The predicted octanol–water partition coefficient (Wildman–Crippen LogP) is 4.18. The number of para-hydroxylation sites is 1. The molecule has 2 saturated carbocycles. The fourth-order valence-electron chi connectivity index (χ4n) is 6.64. The van der Waals surface area contributed by atoms with Crippen molar-refractivity contribution in [2.45, 2.75) is 22.6 Å². The summed E-state index contributed by atoms with van der Waals surface area (Å²) in [5, 5.41) is 3.30. The first-order chi connectivity index (χ1) is 15.1. The van der Waals surface area contributed by atoms with E-state index in [1.54, 1.807) is 23.1 Å². The Hall–Kier alpha value is -2.16.